The summed E-state index contributed by atoms with van der Waals surface area (Å²) >= 11 is 0. The molecular weight excluding hydrogens is 196 g/mol. The molecule has 1 aliphatic heterocycles. The van der Waals surface area contributed by atoms with Crippen LogP contribution in [-0.2, 0) is 0 Å². The second-order valence-corrected chi connectivity index (χ2v) is 5.67. The minimum absolute atomic E-state index is 0.805. The molecule has 1 saturated carbocycles. The summed E-state index contributed by atoms with van der Waals surface area (Å²) in [6, 6.07) is 1.69. The van der Waals surface area contributed by atoms with Gasteiger partial charge in [0.25, 0.3) is 0 Å². The molecule has 2 nitrogen and oxygen atoms in total. The number of rotatable bonds is 6. The third-order valence-corrected chi connectivity index (χ3v) is 4.07. The molecule has 0 spiro atoms. The molecule has 2 fully saturated rings. The third-order valence-electron chi connectivity index (χ3n) is 4.07. The van der Waals surface area contributed by atoms with Gasteiger partial charge in [-0.25, -0.2) is 0 Å². The molecule has 94 valence electrons. The Balaban J connectivity index is 1.55. The molecule has 1 saturated heterocycles. The highest BCUT2D eigenvalue weighted by Crippen LogP contribution is 2.19. The first-order chi connectivity index (χ1) is 7.86. The van der Waals surface area contributed by atoms with E-state index in [1.54, 1.807) is 0 Å². The molecule has 1 heterocycles. The van der Waals surface area contributed by atoms with Crippen LogP contribution in [0.1, 0.15) is 58.3 Å². The Labute approximate surface area is 101 Å². The first-order valence-electron chi connectivity index (χ1n) is 7.33. The molecule has 0 radical (unpaired) electrons. The first kappa shape index (κ1) is 12.4. The van der Waals surface area contributed by atoms with E-state index in [9.17, 15) is 0 Å². The summed E-state index contributed by atoms with van der Waals surface area (Å²) < 4.78 is 0. The van der Waals surface area contributed by atoms with E-state index in [0.717, 1.165) is 12.1 Å². The molecule has 0 bridgehead atoms. The van der Waals surface area contributed by atoms with Gasteiger partial charge in [0.05, 0.1) is 0 Å². The number of hydrogen-bond donors (Lipinski definition) is 1. The molecule has 2 heteroatoms. The van der Waals surface area contributed by atoms with Crippen LogP contribution < -0.4 is 5.32 Å². The van der Waals surface area contributed by atoms with Crippen molar-refractivity contribution >= 4 is 0 Å². The van der Waals surface area contributed by atoms with Crippen LogP contribution in [0, 0.1) is 0 Å². The minimum Gasteiger partial charge on any atom is -0.314 e. The third kappa shape index (κ3) is 4.42. The molecule has 0 aromatic carbocycles. The Bertz CT molecular complexity index is 181. The summed E-state index contributed by atoms with van der Waals surface area (Å²) in [5.74, 6) is 0. The van der Waals surface area contributed by atoms with E-state index in [2.05, 4.69) is 17.1 Å². The maximum Gasteiger partial charge on any atom is 0.00682 e. The van der Waals surface area contributed by atoms with E-state index in [0.29, 0.717) is 0 Å². The van der Waals surface area contributed by atoms with Crippen LogP contribution >= 0.6 is 0 Å². The fourth-order valence-corrected chi connectivity index (χ4v) is 2.71. The van der Waals surface area contributed by atoms with Crippen molar-refractivity contribution in [3.63, 3.8) is 0 Å². The van der Waals surface area contributed by atoms with Crippen molar-refractivity contribution in [1.29, 1.82) is 0 Å². The summed E-state index contributed by atoms with van der Waals surface area (Å²) in [4.78, 5) is 2.71. The average molecular weight is 224 g/mol. The Morgan fingerprint density at radius 3 is 2.44 bits per heavy atom. The van der Waals surface area contributed by atoms with Gasteiger partial charge in [-0.3, -0.25) is 0 Å². The van der Waals surface area contributed by atoms with Gasteiger partial charge in [-0.15, -0.1) is 0 Å². The Kier molecular flexibility index (Phi) is 5.11. The lowest BCUT2D eigenvalue weighted by Crippen LogP contribution is -2.34. The van der Waals surface area contributed by atoms with Gasteiger partial charge in [0.15, 0.2) is 0 Å². The average Bonchev–Trinajstić information content (AvgIpc) is 3.10. The lowest BCUT2D eigenvalue weighted by atomic mass is 10.1. The summed E-state index contributed by atoms with van der Waals surface area (Å²) in [5, 5.41) is 3.61. The first-order valence-corrected chi connectivity index (χ1v) is 7.33. The van der Waals surface area contributed by atoms with Crippen molar-refractivity contribution in [2.45, 2.75) is 70.4 Å². The van der Waals surface area contributed by atoms with E-state index in [4.69, 9.17) is 0 Å². The molecule has 16 heavy (non-hydrogen) atoms. The number of nitrogens with zero attached hydrogens (tertiary/aromatic N) is 1. The predicted molar refractivity (Wildman–Crippen MR) is 69.8 cm³/mol. The van der Waals surface area contributed by atoms with Crippen LogP contribution in [0.15, 0.2) is 0 Å². The molecule has 2 aliphatic rings. The molecule has 0 aromatic heterocycles. The number of hydrogen-bond acceptors (Lipinski definition) is 2. The highest BCUT2D eigenvalue weighted by molar-refractivity contribution is 4.80. The second kappa shape index (κ2) is 6.61. The van der Waals surface area contributed by atoms with Crippen molar-refractivity contribution in [2.24, 2.45) is 0 Å². The van der Waals surface area contributed by atoms with Crippen LogP contribution in [0.5, 0.6) is 0 Å². The molecule has 0 aromatic rings. The van der Waals surface area contributed by atoms with Crippen LogP contribution in [-0.4, -0.2) is 36.6 Å². The van der Waals surface area contributed by atoms with E-state index >= 15 is 0 Å². The zero-order chi connectivity index (χ0) is 11.2. The Morgan fingerprint density at radius 2 is 1.81 bits per heavy atom. The van der Waals surface area contributed by atoms with E-state index in [-0.39, 0.29) is 0 Å². The second-order valence-electron chi connectivity index (χ2n) is 5.67. The topological polar surface area (TPSA) is 15.3 Å². The lowest BCUT2D eigenvalue weighted by molar-refractivity contribution is 0.204. The van der Waals surface area contributed by atoms with Crippen LogP contribution in [0.3, 0.4) is 0 Å². The fraction of sp³-hybridized carbons (Fsp3) is 1.00. The number of nitrogens with one attached hydrogen (secondary N) is 1. The Hall–Kier alpha value is -0.0800. The van der Waals surface area contributed by atoms with Gasteiger partial charge in [-0.05, 0) is 65.1 Å². The van der Waals surface area contributed by atoms with Crippen molar-refractivity contribution in [2.75, 3.05) is 19.6 Å². The summed E-state index contributed by atoms with van der Waals surface area (Å²) in [5.41, 5.74) is 0. The van der Waals surface area contributed by atoms with Crippen LogP contribution in [0.4, 0.5) is 0 Å². The van der Waals surface area contributed by atoms with Gasteiger partial charge in [-0.2, -0.15) is 0 Å². The Morgan fingerprint density at radius 1 is 1.12 bits per heavy atom. The predicted octanol–water partition coefficient (Wildman–Crippen LogP) is 2.78. The number of likely N-dealkylation sites (tertiary alicyclic amines) is 1. The van der Waals surface area contributed by atoms with Gasteiger partial charge in [0, 0.05) is 12.1 Å². The standard InChI is InChI=1S/C14H28N2/c1-13(7-6-10-15-14-8-9-14)16-11-4-2-3-5-12-16/h13-15H,2-12H2,1H3. The van der Waals surface area contributed by atoms with Gasteiger partial charge in [-0.1, -0.05) is 12.8 Å². The van der Waals surface area contributed by atoms with E-state index in [1.165, 1.54) is 71.0 Å². The summed E-state index contributed by atoms with van der Waals surface area (Å²) in [7, 11) is 0. The zero-order valence-corrected chi connectivity index (χ0v) is 10.9. The van der Waals surface area contributed by atoms with Gasteiger partial charge in [0.2, 0.25) is 0 Å². The fourth-order valence-electron chi connectivity index (χ4n) is 2.71. The molecule has 0 amide bonds. The molecule has 1 atom stereocenters. The minimum atomic E-state index is 0.805. The van der Waals surface area contributed by atoms with Crippen molar-refractivity contribution in [3.05, 3.63) is 0 Å². The molecule has 2 rings (SSSR count). The van der Waals surface area contributed by atoms with Gasteiger partial charge in [0.1, 0.15) is 0 Å². The van der Waals surface area contributed by atoms with E-state index in [1.807, 2.05) is 0 Å². The summed E-state index contributed by atoms with van der Waals surface area (Å²) in [6.07, 6.45) is 11.3. The maximum absolute atomic E-state index is 3.61. The zero-order valence-electron chi connectivity index (χ0n) is 10.9. The molecule has 1 aliphatic carbocycles. The lowest BCUT2D eigenvalue weighted by Gasteiger charge is -2.27. The normalized spacial score (nSPS) is 25.3. The molecular formula is C14H28N2. The quantitative estimate of drug-likeness (QED) is 0.698. The van der Waals surface area contributed by atoms with Gasteiger partial charge >= 0.3 is 0 Å². The van der Waals surface area contributed by atoms with E-state index < -0.39 is 0 Å². The monoisotopic (exact) mass is 224 g/mol. The molecule has 1 N–H and O–H groups in total. The van der Waals surface area contributed by atoms with Crippen LogP contribution in [0.2, 0.25) is 0 Å². The maximum atomic E-state index is 3.61. The van der Waals surface area contributed by atoms with Crippen molar-refractivity contribution in [1.82, 2.24) is 10.2 Å². The highest BCUT2D eigenvalue weighted by Gasteiger charge is 2.20. The van der Waals surface area contributed by atoms with Crippen LogP contribution in [0.25, 0.3) is 0 Å². The van der Waals surface area contributed by atoms with Crippen molar-refractivity contribution < 1.29 is 0 Å². The highest BCUT2D eigenvalue weighted by atomic mass is 15.1. The van der Waals surface area contributed by atoms with Crippen molar-refractivity contribution in [3.8, 4) is 0 Å². The largest absolute Gasteiger partial charge is 0.314 e. The molecule has 1 unspecified atom stereocenters. The SMILES string of the molecule is CC(CCCNC1CC1)N1CCCCCC1. The van der Waals surface area contributed by atoms with Gasteiger partial charge < -0.3 is 10.2 Å². The smallest absolute Gasteiger partial charge is 0.00682 e. The summed E-state index contributed by atoms with van der Waals surface area (Å²) in [6.45, 7) is 6.35.